The van der Waals surface area contributed by atoms with E-state index >= 15 is 0 Å². The largest absolute Gasteiger partial charge is 0.295 e. The van der Waals surface area contributed by atoms with Crippen molar-refractivity contribution in [1.29, 1.82) is 0 Å². The van der Waals surface area contributed by atoms with E-state index in [9.17, 15) is 8.42 Å². The van der Waals surface area contributed by atoms with Crippen LogP contribution < -0.4 is 0 Å². The lowest BCUT2D eigenvalue weighted by atomic mass is 10.1. The molecule has 0 aromatic heterocycles. The maximum atomic E-state index is 10.8. The highest BCUT2D eigenvalue weighted by atomic mass is 32.2. The van der Waals surface area contributed by atoms with Gasteiger partial charge < -0.3 is 0 Å². The Labute approximate surface area is 80.0 Å². The first kappa shape index (κ1) is 10.6. The van der Waals surface area contributed by atoms with Crippen LogP contribution in [0.3, 0.4) is 0 Å². The van der Waals surface area contributed by atoms with Gasteiger partial charge in [-0.05, 0) is 25.9 Å². The Hall–Kier alpha value is -0.530. The predicted octanol–water partition coefficient (Wildman–Crippen LogP) is -0.0139. The number of hydrogen-bond acceptors (Lipinski definition) is 3. The second-order valence-electron chi connectivity index (χ2n) is 3.67. The summed E-state index contributed by atoms with van der Waals surface area (Å²) in [6.45, 7) is 1.53. The van der Waals surface area contributed by atoms with Gasteiger partial charge in [-0.25, -0.2) is 8.42 Å². The van der Waals surface area contributed by atoms with Gasteiger partial charge in [0.25, 0.3) is 0 Å². The van der Waals surface area contributed by atoms with Gasteiger partial charge >= 0.3 is 0 Å². The molecule has 1 rings (SSSR count). The number of terminal acetylenes is 1. The van der Waals surface area contributed by atoms with Gasteiger partial charge in [0.05, 0.1) is 18.1 Å². The molecule has 0 aliphatic carbocycles. The molecule has 1 saturated heterocycles. The third-order valence-electron chi connectivity index (χ3n) is 2.26. The molecule has 1 aliphatic rings. The van der Waals surface area contributed by atoms with Crippen LogP contribution in [-0.2, 0) is 9.84 Å². The highest BCUT2D eigenvalue weighted by Gasteiger charge is 2.32. The molecule has 0 amide bonds. The molecule has 0 aromatic rings. The van der Waals surface area contributed by atoms with E-state index in [1.165, 1.54) is 0 Å². The molecule has 0 bridgehead atoms. The van der Waals surface area contributed by atoms with Crippen molar-refractivity contribution in [2.75, 3.05) is 31.6 Å². The monoisotopic (exact) mass is 201 g/mol. The molecule has 3 nitrogen and oxygen atoms in total. The van der Waals surface area contributed by atoms with Crippen LogP contribution in [0, 0.1) is 18.3 Å². The van der Waals surface area contributed by atoms with Crippen molar-refractivity contribution in [2.24, 2.45) is 5.92 Å². The molecule has 0 atom stereocenters. The fourth-order valence-electron chi connectivity index (χ4n) is 1.47. The van der Waals surface area contributed by atoms with E-state index in [-0.39, 0.29) is 0 Å². The van der Waals surface area contributed by atoms with Gasteiger partial charge in [-0.1, -0.05) is 5.92 Å². The molecule has 1 heterocycles. The van der Waals surface area contributed by atoms with Crippen molar-refractivity contribution in [1.82, 2.24) is 4.90 Å². The second-order valence-corrected chi connectivity index (χ2v) is 5.83. The molecule has 0 spiro atoms. The minimum Gasteiger partial charge on any atom is -0.295 e. The van der Waals surface area contributed by atoms with Gasteiger partial charge in [-0.2, -0.15) is 0 Å². The molecular formula is C9H15NO2S. The summed E-state index contributed by atoms with van der Waals surface area (Å²) in [5, 5.41) is 0. The summed E-state index contributed by atoms with van der Waals surface area (Å²) < 4.78 is 21.6. The first-order valence-corrected chi connectivity index (χ1v) is 6.18. The number of hydrogen-bond donors (Lipinski definition) is 0. The van der Waals surface area contributed by atoms with Gasteiger partial charge in [0, 0.05) is 0 Å². The quantitative estimate of drug-likeness (QED) is 0.600. The number of nitrogens with zero attached hydrogens (tertiary/aromatic N) is 1. The van der Waals surface area contributed by atoms with E-state index < -0.39 is 9.84 Å². The van der Waals surface area contributed by atoms with Crippen LogP contribution in [0.15, 0.2) is 0 Å². The van der Waals surface area contributed by atoms with Crippen molar-refractivity contribution >= 4 is 9.84 Å². The molecule has 1 fully saturated rings. The smallest absolute Gasteiger partial charge is 0.150 e. The highest BCUT2D eigenvalue weighted by Crippen LogP contribution is 2.21. The van der Waals surface area contributed by atoms with Gasteiger partial charge in [-0.3, -0.25) is 4.90 Å². The first-order chi connectivity index (χ1) is 6.03. The Balaban J connectivity index is 2.13. The van der Waals surface area contributed by atoms with Gasteiger partial charge in [0.2, 0.25) is 0 Å². The highest BCUT2D eigenvalue weighted by molar-refractivity contribution is 7.92. The molecule has 13 heavy (non-hydrogen) atoms. The van der Waals surface area contributed by atoms with E-state index in [4.69, 9.17) is 6.42 Å². The topological polar surface area (TPSA) is 37.4 Å². The summed E-state index contributed by atoms with van der Waals surface area (Å²) in [6, 6.07) is 0. The Morgan fingerprint density at radius 2 is 2.15 bits per heavy atom. The van der Waals surface area contributed by atoms with Crippen LogP contribution in [0.2, 0.25) is 0 Å². The van der Waals surface area contributed by atoms with Crippen molar-refractivity contribution < 1.29 is 8.42 Å². The fourth-order valence-corrected chi connectivity index (χ4v) is 3.15. The molecule has 0 N–H and O–H groups in total. The van der Waals surface area contributed by atoms with Crippen molar-refractivity contribution in [3.63, 3.8) is 0 Å². The Kier molecular flexibility index (Phi) is 3.34. The Bertz CT molecular complexity index is 290. The predicted molar refractivity (Wildman–Crippen MR) is 53.1 cm³/mol. The lowest BCUT2D eigenvalue weighted by molar-refractivity contribution is 0.338. The van der Waals surface area contributed by atoms with Crippen LogP contribution in [0.1, 0.15) is 6.42 Å². The van der Waals surface area contributed by atoms with Crippen LogP contribution in [0.25, 0.3) is 0 Å². The number of rotatable bonds is 4. The van der Waals surface area contributed by atoms with E-state index in [1.54, 1.807) is 0 Å². The standard InChI is InChI=1S/C9H15NO2S/c1-3-5-10(2)6-4-9-7-13(11,12)8-9/h1,9H,4-8H2,2H3. The fraction of sp³-hybridized carbons (Fsp3) is 0.778. The molecule has 0 unspecified atom stereocenters. The second kappa shape index (κ2) is 4.12. The van der Waals surface area contributed by atoms with Crippen molar-refractivity contribution in [3.05, 3.63) is 0 Å². The number of sulfone groups is 1. The summed E-state index contributed by atoms with van der Waals surface area (Å²) in [6.07, 6.45) is 6.08. The molecule has 4 heteroatoms. The molecule has 0 radical (unpaired) electrons. The summed E-state index contributed by atoms with van der Waals surface area (Å²) >= 11 is 0. The minimum atomic E-state index is -2.65. The third kappa shape index (κ3) is 3.37. The third-order valence-corrected chi connectivity index (χ3v) is 4.22. The van der Waals surface area contributed by atoms with Crippen LogP contribution in [0.4, 0.5) is 0 Å². The van der Waals surface area contributed by atoms with Crippen LogP contribution in [-0.4, -0.2) is 45.0 Å². The van der Waals surface area contributed by atoms with Crippen LogP contribution >= 0.6 is 0 Å². The van der Waals surface area contributed by atoms with E-state index in [0.717, 1.165) is 13.0 Å². The van der Waals surface area contributed by atoms with Crippen LogP contribution in [0.5, 0.6) is 0 Å². The lowest BCUT2D eigenvalue weighted by Crippen LogP contribution is -2.38. The van der Waals surface area contributed by atoms with E-state index in [2.05, 4.69) is 5.92 Å². The summed E-state index contributed by atoms with van der Waals surface area (Å²) in [5.74, 6) is 3.66. The first-order valence-electron chi connectivity index (χ1n) is 4.36. The molecule has 0 aromatic carbocycles. The van der Waals surface area contributed by atoms with Gasteiger partial charge in [-0.15, -0.1) is 6.42 Å². The van der Waals surface area contributed by atoms with Crippen molar-refractivity contribution in [3.8, 4) is 12.3 Å². The molecule has 0 saturated carbocycles. The molecular weight excluding hydrogens is 186 g/mol. The molecule has 1 aliphatic heterocycles. The summed E-state index contributed by atoms with van der Waals surface area (Å²) in [7, 11) is -0.698. The SMILES string of the molecule is C#CCN(C)CCC1CS(=O)(=O)C1. The minimum absolute atomic E-state index is 0.366. The van der Waals surface area contributed by atoms with Crippen molar-refractivity contribution in [2.45, 2.75) is 6.42 Å². The Morgan fingerprint density at radius 1 is 1.54 bits per heavy atom. The zero-order valence-corrected chi connectivity index (χ0v) is 8.68. The average Bonchev–Trinajstić information content (AvgIpc) is 1.97. The zero-order valence-electron chi connectivity index (χ0n) is 7.86. The Morgan fingerprint density at radius 3 is 2.62 bits per heavy atom. The van der Waals surface area contributed by atoms with Gasteiger partial charge in [0.1, 0.15) is 0 Å². The van der Waals surface area contributed by atoms with E-state index in [1.807, 2.05) is 11.9 Å². The summed E-state index contributed by atoms with van der Waals surface area (Å²) in [4.78, 5) is 2.03. The zero-order chi connectivity index (χ0) is 9.90. The normalized spacial score (nSPS) is 21.0. The van der Waals surface area contributed by atoms with Gasteiger partial charge in [0.15, 0.2) is 9.84 Å². The maximum Gasteiger partial charge on any atom is 0.150 e. The van der Waals surface area contributed by atoms with E-state index in [0.29, 0.717) is 24.0 Å². The lowest BCUT2D eigenvalue weighted by Gasteiger charge is -2.27. The maximum absolute atomic E-state index is 10.8. The average molecular weight is 201 g/mol. The molecule has 74 valence electrons. The summed E-state index contributed by atoms with van der Waals surface area (Å²) in [5.41, 5.74) is 0.